The third kappa shape index (κ3) is 10.5. The topological polar surface area (TPSA) is 168 Å². The van der Waals surface area contributed by atoms with E-state index in [1.54, 1.807) is 12.3 Å². The molecule has 38 heavy (non-hydrogen) atoms. The van der Waals surface area contributed by atoms with E-state index in [1.165, 1.54) is 0 Å². The zero-order valence-electron chi connectivity index (χ0n) is 19.0. The normalized spacial score (nSPS) is 11.1. The minimum atomic E-state index is -5.08. The zero-order valence-corrected chi connectivity index (χ0v) is 19.0. The van der Waals surface area contributed by atoms with Crippen LogP contribution in [0.5, 0.6) is 0 Å². The smallest absolute Gasteiger partial charge is 0.475 e. The second-order valence-corrected chi connectivity index (χ2v) is 7.06. The number of nitrogens with one attached hydrogen (secondary N) is 1. The van der Waals surface area contributed by atoms with Gasteiger partial charge in [0.2, 0.25) is 0 Å². The van der Waals surface area contributed by atoms with Crippen LogP contribution in [0.15, 0.2) is 65.8 Å². The number of hydrogen-bond acceptors (Lipinski definition) is 6. The molecule has 0 saturated carbocycles. The largest absolute Gasteiger partial charge is 0.490 e. The maximum Gasteiger partial charge on any atom is 0.490 e. The van der Waals surface area contributed by atoms with Gasteiger partial charge in [-0.1, -0.05) is 30.3 Å². The Labute approximate surface area is 210 Å². The monoisotopic (exact) mass is 546 g/mol. The fraction of sp³-hybridized carbons (Fsp3) is 0.130. The fourth-order valence-electron chi connectivity index (χ4n) is 2.50. The van der Waals surface area contributed by atoms with E-state index >= 15 is 0 Å². The first-order chi connectivity index (χ1) is 17.6. The van der Waals surface area contributed by atoms with Gasteiger partial charge in [0.05, 0.1) is 6.21 Å². The van der Waals surface area contributed by atoms with Crippen molar-refractivity contribution in [3.8, 4) is 0 Å². The molecule has 3 rings (SSSR count). The summed E-state index contributed by atoms with van der Waals surface area (Å²) in [5, 5.41) is 22.7. The number of carbonyl (C=O) groups is 3. The van der Waals surface area contributed by atoms with Crippen molar-refractivity contribution in [1.82, 2.24) is 0 Å². The van der Waals surface area contributed by atoms with Gasteiger partial charge in [-0.15, -0.1) is 0 Å². The van der Waals surface area contributed by atoms with Crippen molar-refractivity contribution in [1.29, 1.82) is 0 Å². The minimum Gasteiger partial charge on any atom is -0.475 e. The number of anilines is 1. The van der Waals surface area contributed by atoms with Crippen LogP contribution in [0, 0.1) is 0 Å². The minimum absolute atomic E-state index is 0.148. The summed E-state index contributed by atoms with van der Waals surface area (Å²) in [7, 11) is 0. The number of carbonyl (C=O) groups excluding carboxylic acids is 1. The Hall–Kier alpha value is -4.66. The maximum absolute atomic E-state index is 12.4. The number of carboxylic acids is 2. The van der Waals surface area contributed by atoms with Gasteiger partial charge in [-0.3, -0.25) is 4.79 Å². The molecule has 0 heterocycles. The Morgan fingerprint density at radius 3 is 1.74 bits per heavy atom. The van der Waals surface area contributed by atoms with Gasteiger partial charge >= 0.3 is 24.3 Å². The summed E-state index contributed by atoms with van der Waals surface area (Å²) in [5.41, 5.74) is 8.86. The highest BCUT2D eigenvalue weighted by molar-refractivity contribution is 6.06. The van der Waals surface area contributed by atoms with E-state index in [-0.39, 0.29) is 5.91 Å². The molecular formula is C23H20F6N4O5. The lowest BCUT2D eigenvalue weighted by Gasteiger charge is -2.07. The molecule has 0 spiro atoms. The highest BCUT2D eigenvalue weighted by Gasteiger charge is 2.38. The third-order valence-corrected chi connectivity index (χ3v) is 4.28. The van der Waals surface area contributed by atoms with Crippen LogP contribution in [-0.4, -0.2) is 46.6 Å². The van der Waals surface area contributed by atoms with Crippen molar-refractivity contribution in [2.45, 2.75) is 18.9 Å². The second kappa shape index (κ2) is 13.6. The van der Waals surface area contributed by atoms with E-state index in [9.17, 15) is 31.1 Å². The predicted octanol–water partition coefficient (Wildman–Crippen LogP) is 4.11. The number of hydrogen-bond donors (Lipinski definition) is 5. The van der Waals surface area contributed by atoms with Crippen LogP contribution in [0.1, 0.15) is 21.5 Å². The molecule has 0 aliphatic carbocycles. The standard InChI is InChI=1S/C19H18N4O.2C2HF3O2/c20-11-13-2-7-18(8-3-13)23-19(24)17-6-5-15-9-14(12-22-21)1-4-16(15)10-17;2*3-2(4,5)1(6)7/h1-10,12H,11,20-21H2,(H,23,24);2*(H,6,7). The van der Waals surface area contributed by atoms with Crippen LogP contribution < -0.4 is 16.9 Å². The van der Waals surface area contributed by atoms with Gasteiger partial charge in [0.1, 0.15) is 0 Å². The number of amides is 1. The molecule has 0 radical (unpaired) electrons. The molecule has 7 N–H and O–H groups in total. The molecule has 1 amide bonds. The molecular weight excluding hydrogens is 526 g/mol. The first-order valence-corrected chi connectivity index (χ1v) is 10.1. The van der Waals surface area contributed by atoms with Gasteiger partial charge in [-0.2, -0.15) is 31.4 Å². The summed E-state index contributed by atoms with van der Waals surface area (Å²) in [6.45, 7) is 0.482. The van der Waals surface area contributed by atoms with Gasteiger partial charge in [-0.05, 0) is 52.2 Å². The number of rotatable bonds is 4. The van der Waals surface area contributed by atoms with Crippen LogP contribution in [0.4, 0.5) is 32.0 Å². The molecule has 0 aliphatic rings. The van der Waals surface area contributed by atoms with Gasteiger partial charge in [0, 0.05) is 17.8 Å². The highest BCUT2D eigenvalue weighted by Crippen LogP contribution is 2.19. The average molecular weight is 546 g/mol. The number of alkyl halides is 6. The predicted molar refractivity (Wildman–Crippen MR) is 125 cm³/mol. The number of hydrazone groups is 1. The van der Waals surface area contributed by atoms with Crippen LogP contribution in [-0.2, 0) is 16.1 Å². The van der Waals surface area contributed by atoms with Gasteiger partial charge in [0.25, 0.3) is 5.91 Å². The summed E-state index contributed by atoms with van der Waals surface area (Å²) in [6.07, 6.45) is -8.58. The number of nitrogens with zero attached hydrogens (tertiary/aromatic N) is 1. The molecule has 3 aromatic carbocycles. The molecule has 0 atom stereocenters. The average Bonchev–Trinajstić information content (AvgIpc) is 2.84. The Balaban J connectivity index is 0.000000426. The van der Waals surface area contributed by atoms with Crippen molar-refractivity contribution in [3.63, 3.8) is 0 Å². The zero-order chi connectivity index (χ0) is 29.1. The first kappa shape index (κ1) is 31.4. The van der Waals surface area contributed by atoms with Gasteiger partial charge in [0.15, 0.2) is 0 Å². The fourth-order valence-corrected chi connectivity index (χ4v) is 2.50. The van der Waals surface area contributed by atoms with E-state index in [4.69, 9.17) is 31.4 Å². The third-order valence-electron chi connectivity index (χ3n) is 4.28. The number of benzene rings is 3. The molecule has 0 bridgehead atoms. The second-order valence-electron chi connectivity index (χ2n) is 7.06. The van der Waals surface area contributed by atoms with Crippen LogP contribution in [0.2, 0.25) is 0 Å². The van der Waals surface area contributed by atoms with E-state index in [2.05, 4.69) is 10.4 Å². The summed E-state index contributed by atoms with van der Waals surface area (Å²) >= 11 is 0. The molecule has 15 heteroatoms. The Morgan fingerprint density at radius 2 is 1.29 bits per heavy atom. The van der Waals surface area contributed by atoms with Crippen molar-refractivity contribution in [2.75, 3.05) is 5.32 Å². The Morgan fingerprint density at radius 1 is 0.816 bits per heavy atom. The molecule has 0 aromatic heterocycles. The molecule has 0 unspecified atom stereocenters. The van der Waals surface area contributed by atoms with Crippen molar-refractivity contribution >= 4 is 40.5 Å². The number of nitrogens with two attached hydrogens (primary N) is 2. The van der Waals surface area contributed by atoms with E-state index in [0.29, 0.717) is 12.1 Å². The quantitative estimate of drug-likeness (QED) is 0.142. The summed E-state index contributed by atoms with van der Waals surface area (Å²) in [4.78, 5) is 30.2. The number of halogens is 6. The van der Waals surface area contributed by atoms with E-state index < -0.39 is 24.3 Å². The molecule has 204 valence electrons. The molecule has 0 saturated heterocycles. The van der Waals surface area contributed by atoms with Crippen LogP contribution >= 0.6 is 0 Å². The van der Waals surface area contributed by atoms with Crippen LogP contribution in [0.25, 0.3) is 10.8 Å². The molecule has 0 fully saturated rings. The number of aliphatic carboxylic acids is 2. The lowest BCUT2D eigenvalue weighted by atomic mass is 10.0. The van der Waals surface area contributed by atoms with Crippen molar-refractivity contribution in [3.05, 3.63) is 77.4 Å². The van der Waals surface area contributed by atoms with Gasteiger partial charge in [-0.25, -0.2) is 9.59 Å². The summed E-state index contributed by atoms with van der Waals surface area (Å²) in [5.74, 6) is -0.493. The molecule has 9 nitrogen and oxygen atoms in total. The first-order valence-electron chi connectivity index (χ1n) is 10.1. The number of carboxylic acid groups (broad SMARTS) is 2. The van der Waals surface area contributed by atoms with Gasteiger partial charge < -0.3 is 27.1 Å². The Bertz CT molecular complexity index is 1270. The van der Waals surface area contributed by atoms with E-state index in [1.807, 2.05) is 54.6 Å². The number of fused-ring (bicyclic) bond motifs is 1. The van der Waals surface area contributed by atoms with Crippen molar-refractivity contribution in [2.24, 2.45) is 16.7 Å². The van der Waals surface area contributed by atoms with Crippen LogP contribution in [0.3, 0.4) is 0 Å². The Kier molecular flexibility index (Phi) is 11.2. The SMILES string of the molecule is NCc1ccc(NC(=O)c2ccc3cc(C=NN)ccc3c2)cc1.O=C(O)C(F)(F)F.O=C(O)C(F)(F)F. The molecule has 0 aliphatic heterocycles. The highest BCUT2D eigenvalue weighted by atomic mass is 19.4. The maximum atomic E-state index is 12.4. The summed E-state index contributed by atoms with van der Waals surface area (Å²) < 4.78 is 63.5. The molecule has 3 aromatic rings. The summed E-state index contributed by atoms with van der Waals surface area (Å²) in [6, 6.07) is 18.9. The van der Waals surface area contributed by atoms with Crippen molar-refractivity contribution < 1.29 is 50.9 Å². The van der Waals surface area contributed by atoms with E-state index in [0.717, 1.165) is 27.6 Å². The lowest BCUT2D eigenvalue weighted by molar-refractivity contribution is -0.193. The lowest BCUT2D eigenvalue weighted by Crippen LogP contribution is -2.21.